The zero-order valence-electron chi connectivity index (χ0n) is 19.2. The van der Waals surface area contributed by atoms with Crippen molar-refractivity contribution in [2.75, 3.05) is 38.5 Å². The first-order chi connectivity index (χ1) is 15.3. The molecule has 0 aliphatic carbocycles. The van der Waals surface area contributed by atoms with Crippen molar-refractivity contribution in [2.24, 2.45) is 10.4 Å². The van der Waals surface area contributed by atoms with Crippen LogP contribution in [0.1, 0.15) is 38.3 Å². The minimum absolute atomic E-state index is 0.551. The Hall–Kier alpha value is -2.03. The van der Waals surface area contributed by atoms with Crippen molar-refractivity contribution >= 4 is 40.6 Å². The van der Waals surface area contributed by atoms with E-state index in [9.17, 15) is 9.90 Å². The number of aliphatic imine (C=N–C) groups is 1. The van der Waals surface area contributed by atoms with Crippen LogP contribution in [-0.2, 0) is 4.79 Å². The summed E-state index contributed by atoms with van der Waals surface area (Å²) in [6, 6.07) is 8.37. The second-order valence-electron chi connectivity index (χ2n) is 9.08. The number of fused-ring (bicyclic) bond motifs is 2. The largest absolute Gasteiger partial charge is 0.481 e. The van der Waals surface area contributed by atoms with Crippen molar-refractivity contribution in [1.29, 1.82) is 0 Å². The summed E-state index contributed by atoms with van der Waals surface area (Å²) in [7, 11) is 0. The maximum atomic E-state index is 11.5. The third kappa shape index (κ3) is 4.97. The van der Waals surface area contributed by atoms with Gasteiger partial charge in [-0.3, -0.25) is 9.69 Å². The van der Waals surface area contributed by atoms with Gasteiger partial charge in [-0.05, 0) is 56.7 Å². The van der Waals surface area contributed by atoms with E-state index in [4.69, 9.17) is 9.73 Å². The van der Waals surface area contributed by atoms with Gasteiger partial charge < -0.3 is 14.7 Å². The maximum Gasteiger partial charge on any atom is 0.310 e. The number of carbonyl (C=O) groups is 1. The van der Waals surface area contributed by atoms with Gasteiger partial charge in [0.1, 0.15) is 11.5 Å². The molecule has 1 aromatic heterocycles. The summed E-state index contributed by atoms with van der Waals surface area (Å²) < 4.78 is 7.62. The monoisotopic (exact) mass is 473 g/mol. The van der Waals surface area contributed by atoms with Gasteiger partial charge in [-0.15, -0.1) is 11.8 Å². The van der Waals surface area contributed by atoms with E-state index in [1.165, 1.54) is 4.21 Å². The number of carboxylic acids is 1. The first-order valence-corrected chi connectivity index (χ1v) is 12.9. The molecule has 1 N–H and O–H groups in total. The summed E-state index contributed by atoms with van der Waals surface area (Å²) >= 11 is 3.56. The van der Waals surface area contributed by atoms with Gasteiger partial charge in [-0.25, -0.2) is 4.99 Å². The number of thioether (sulfide) groups is 1. The number of hydrogen-bond acceptors (Lipinski definition) is 7. The number of carboxylic acid groups (broad SMARTS) is 1. The van der Waals surface area contributed by atoms with E-state index in [2.05, 4.69) is 41.8 Å². The number of rotatable bonds is 6. The lowest BCUT2D eigenvalue weighted by atomic mass is 9.93. The Morgan fingerprint density at radius 1 is 1.25 bits per heavy atom. The summed E-state index contributed by atoms with van der Waals surface area (Å²) in [5.74, 6) is 2.09. The van der Waals surface area contributed by atoms with Gasteiger partial charge in [0.05, 0.1) is 15.2 Å². The van der Waals surface area contributed by atoms with Crippen molar-refractivity contribution in [3.63, 3.8) is 0 Å². The molecule has 2 aliphatic heterocycles. The number of aryl methyl sites for hydroxylation is 1. The molecule has 4 rings (SSSR count). The number of hydrogen-bond donors (Lipinski definition) is 1. The summed E-state index contributed by atoms with van der Waals surface area (Å²) in [5.41, 5.74) is 2.31. The number of benzene rings is 1. The number of nitrogens with zero attached hydrogens (tertiary/aromatic N) is 3. The first kappa shape index (κ1) is 23.1. The third-order valence-electron chi connectivity index (χ3n) is 5.78. The van der Waals surface area contributed by atoms with Crippen LogP contribution in [0, 0.1) is 12.3 Å². The molecular weight excluding hydrogens is 442 g/mol. The lowest BCUT2D eigenvalue weighted by molar-refractivity contribution is -0.148. The normalized spacial score (nSPS) is 16.6. The van der Waals surface area contributed by atoms with E-state index in [1.54, 1.807) is 25.2 Å². The second kappa shape index (κ2) is 9.45. The summed E-state index contributed by atoms with van der Waals surface area (Å²) in [4.78, 5) is 21.2. The molecule has 8 heteroatoms. The van der Waals surface area contributed by atoms with Gasteiger partial charge in [0.15, 0.2) is 10.8 Å². The Morgan fingerprint density at radius 2 is 2.00 bits per heavy atom. The molecule has 2 aliphatic rings. The van der Waals surface area contributed by atoms with E-state index < -0.39 is 11.4 Å². The standard InChI is InChI=1S/C24H31N3O3S2/c1-5-12-31-20-14-17-21(25-18-7-6-16(2)13-19(18)30-22(17)32-20)27-10-8-26(9-11-27)15-24(3,4)23(28)29/h6-7,13-14H,5,8-12,15H2,1-4H3,(H,28,29). The van der Waals surface area contributed by atoms with E-state index in [-0.39, 0.29) is 0 Å². The summed E-state index contributed by atoms with van der Waals surface area (Å²) in [6.45, 7) is 11.6. The average Bonchev–Trinajstić information content (AvgIpc) is 3.08. The molecule has 1 fully saturated rings. The average molecular weight is 474 g/mol. The van der Waals surface area contributed by atoms with Crippen molar-refractivity contribution in [2.45, 2.75) is 38.3 Å². The molecule has 1 saturated heterocycles. The molecule has 3 heterocycles. The second-order valence-corrected chi connectivity index (χ2v) is 11.5. The van der Waals surface area contributed by atoms with Crippen LogP contribution in [0.5, 0.6) is 10.8 Å². The molecule has 0 bridgehead atoms. The quantitative estimate of drug-likeness (QED) is 0.561. The minimum Gasteiger partial charge on any atom is -0.481 e. The molecule has 0 amide bonds. The first-order valence-electron chi connectivity index (χ1n) is 11.1. The zero-order valence-corrected chi connectivity index (χ0v) is 20.8. The van der Waals surface area contributed by atoms with Crippen LogP contribution in [-0.4, -0.2) is 65.2 Å². The fourth-order valence-corrected chi connectivity index (χ4v) is 5.98. The fourth-order valence-electron chi connectivity index (χ4n) is 3.91. The third-order valence-corrected chi connectivity index (χ3v) is 8.20. The highest BCUT2D eigenvalue weighted by Gasteiger charge is 2.33. The Bertz CT molecular complexity index is 1020. The number of piperazine rings is 1. The van der Waals surface area contributed by atoms with E-state index in [0.717, 1.165) is 71.8 Å². The zero-order chi connectivity index (χ0) is 22.9. The highest BCUT2D eigenvalue weighted by molar-refractivity contribution is 8.01. The van der Waals surface area contributed by atoms with Crippen LogP contribution >= 0.6 is 23.1 Å². The van der Waals surface area contributed by atoms with Crippen LogP contribution in [0.25, 0.3) is 0 Å². The Balaban J connectivity index is 1.60. The summed E-state index contributed by atoms with van der Waals surface area (Å²) in [5, 5.41) is 10.4. The Kier molecular flexibility index (Phi) is 6.83. The lowest BCUT2D eigenvalue weighted by Crippen LogP contribution is -2.51. The predicted molar refractivity (Wildman–Crippen MR) is 132 cm³/mol. The summed E-state index contributed by atoms with van der Waals surface area (Å²) in [6.07, 6.45) is 1.13. The molecule has 6 nitrogen and oxygen atoms in total. The van der Waals surface area contributed by atoms with Gasteiger partial charge in [0.2, 0.25) is 0 Å². The Labute approximate surface area is 198 Å². The molecule has 0 spiro atoms. The number of aliphatic carboxylic acids is 1. The molecular formula is C24H31N3O3S2. The van der Waals surface area contributed by atoms with Crippen LogP contribution in [0.2, 0.25) is 0 Å². The van der Waals surface area contributed by atoms with Crippen molar-refractivity contribution in [3.8, 4) is 10.8 Å². The predicted octanol–water partition coefficient (Wildman–Crippen LogP) is 5.47. The molecule has 0 saturated carbocycles. The maximum absolute atomic E-state index is 11.5. The molecule has 172 valence electrons. The molecule has 32 heavy (non-hydrogen) atoms. The van der Waals surface area contributed by atoms with Crippen molar-refractivity contribution in [1.82, 2.24) is 9.80 Å². The van der Waals surface area contributed by atoms with Gasteiger partial charge in [-0.2, -0.15) is 0 Å². The van der Waals surface area contributed by atoms with Crippen molar-refractivity contribution in [3.05, 3.63) is 35.4 Å². The molecule has 2 aromatic rings. The molecule has 1 aromatic carbocycles. The van der Waals surface area contributed by atoms with Gasteiger partial charge in [0.25, 0.3) is 0 Å². The number of ether oxygens (including phenoxy) is 1. The molecule has 0 unspecified atom stereocenters. The lowest BCUT2D eigenvalue weighted by Gasteiger charge is -2.38. The van der Waals surface area contributed by atoms with Crippen LogP contribution < -0.4 is 4.74 Å². The van der Waals surface area contributed by atoms with Crippen LogP contribution in [0.15, 0.2) is 33.5 Å². The van der Waals surface area contributed by atoms with Crippen LogP contribution in [0.3, 0.4) is 0 Å². The molecule has 0 radical (unpaired) electrons. The molecule has 0 atom stereocenters. The number of amidine groups is 1. The van der Waals surface area contributed by atoms with Crippen LogP contribution in [0.4, 0.5) is 5.69 Å². The topological polar surface area (TPSA) is 65.4 Å². The van der Waals surface area contributed by atoms with Gasteiger partial charge >= 0.3 is 5.97 Å². The Morgan fingerprint density at radius 3 is 2.69 bits per heavy atom. The van der Waals surface area contributed by atoms with Crippen molar-refractivity contribution < 1.29 is 14.6 Å². The van der Waals surface area contributed by atoms with E-state index in [1.807, 2.05) is 17.8 Å². The smallest absolute Gasteiger partial charge is 0.310 e. The SMILES string of the molecule is CCCSc1cc2c(s1)Oc1cc(C)ccc1N=C2N1CCN(CC(C)(C)C(=O)O)CC1. The fraction of sp³-hybridized carbons (Fsp3) is 0.500. The highest BCUT2D eigenvalue weighted by atomic mass is 32.2. The van der Waals surface area contributed by atoms with E-state index in [0.29, 0.717) is 6.54 Å². The van der Waals surface area contributed by atoms with E-state index >= 15 is 0 Å². The minimum atomic E-state index is -0.753. The highest BCUT2D eigenvalue weighted by Crippen LogP contribution is 2.45. The van der Waals surface area contributed by atoms with Gasteiger partial charge in [0, 0.05) is 32.7 Å². The number of thiophene rings is 1. The van der Waals surface area contributed by atoms with Gasteiger partial charge in [-0.1, -0.05) is 24.3 Å².